The Bertz CT molecular complexity index is 571. The number of aryl methyl sites for hydroxylation is 1. The highest BCUT2D eigenvalue weighted by atomic mass is 16.6. The number of benzene rings is 1. The molecule has 1 amide bonds. The predicted molar refractivity (Wildman–Crippen MR) is 85.0 cm³/mol. The van der Waals surface area contributed by atoms with Crippen LogP contribution in [-0.2, 0) is 16.0 Å². The minimum Gasteiger partial charge on any atom is -0.481 e. The first-order valence-corrected chi connectivity index (χ1v) is 7.52. The fraction of sp³-hybridized carbons (Fsp3) is 0.500. The number of carboxylic acid groups (broad SMARTS) is 1. The molecule has 2 N–H and O–H groups in total. The monoisotopic (exact) mass is 322 g/mol. The molecule has 0 fully saturated rings. The van der Waals surface area contributed by atoms with Gasteiger partial charge in [-0.15, -0.1) is 0 Å². The Morgan fingerprint density at radius 3 is 2.61 bits per heavy atom. The van der Waals surface area contributed by atoms with E-state index in [0.29, 0.717) is 18.4 Å². The first-order chi connectivity index (χ1) is 10.8. The van der Waals surface area contributed by atoms with Crippen molar-refractivity contribution in [2.24, 2.45) is 11.8 Å². The number of nitrogens with one attached hydrogen (secondary N) is 1. The quantitative estimate of drug-likeness (QED) is 0.536. The third-order valence-electron chi connectivity index (χ3n) is 3.41. The van der Waals surface area contributed by atoms with Gasteiger partial charge in [0.2, 0.25) is 5.91 Å². The van der Waals surface area contributed by atoms with Gasteiger partial charge in [-0.05, 0) is 24.3 Å². The van der Waals surface area contributed by atoms with Gasteiger partial charge in [-0.2, -0.15) is 0 Å². The number of nitro groups is 1. The molecule has 1 atom stereocenters. The van der Waals surface area contributed by atoms with Gasteiger partial charge < -0.3 is 10.4 Å². The summed E-state index contributed by atoms with van der Waals surface area (Å²) < 4.78 is 0. The van der Waals surface area contributed by atoms with Crippen molar-refractivity contribution in [3.8, 4) is 0 Å². The summed E-state index contributed by atoms with van der Waals surface area (Å²) >= 11 is 0. The largest absolute Gasteiger partial charge is 0.481 e. The molecule has 0 saturated heterocycles. The van der Waals surface area contributed by atoms with Gasteiger partial charge in [0.25, 0.3) is 5.69 Å². The minimum atomic E-state index is -0.919. The van der Waals surface area contributed by atoms with Crippen LogP contribution in [0.3, 0.4) is 0 Å². The third kappa shape index (κ3) is 6.90. The summed E-state index contributed by atoms with van der Waals surface area (Å²) in [6, 6.07) is 6.13. The Kier molecular flexibility index (Phi) is 7.18. The second-order valence-corrected chi connectivity index (χ2v) is 5.90. The van der Waals surface area contributed by atoms with E-state index in [1.165, 1.54) is 12.1 Å². The molecule has 1 rings (SSSR count). The summed E-state index contributed by atoms with van der Waals surface area (Å²) in [7, 11) is 0. The van der Waals surface area contributed by atoms with Crippen molar-refractivity contribution in [2.75, 3.05) is 6.54 Å². The average molecular weight is 322 g/mol. The molecule has 0 heterocycles. The molecule has 0 radical (unpaired) electrons. The first-order valence-electron chi connectivity index (χ1n) is 7.52. The summed E-state index contributed by atoms with van der Waals surface area (Å²) in [6.45, 7) is 3.96. The lowest BCUT2D eigenvalue weighted by Crippen LogP contribution is -2.33. The summed E-state index contributed by atoms with van der Waals surface area (Å²) in [5, 5.41) is 22.4. The molecule has 7 heteroatoms. The number of carbonyl (C=O) groups is 2. The van der Waals surface area contributed by atoms with E-state index < -0.39 is 16.8 Å². The maximum atomic E-state index is 11.8. The molecule has 1 unspecified atom stereocenters. The van der Waals surface area contributed by atoms with Crippen LogP contribution < -0.4 is 5.32 Å². The molecule has 0 spiro atoms. The molecule has 0 aliphatic carbocycles. The van der Waals surface area contributed by atoms with E-state index in [9.17, 15) is 19.7 Å². The number of carbonyl (C=O) groups excluding carboxylic acids is 1. The van der Waals surface area contributed by atoms with Crippen molar-refractivity contribution >= 4 is 17.6 Å². The number of hydrogen-bond acceptors (Lipinski definition) is 4. The predicted octanol–water partition coefficient (Wildman–Crippen LogP) is 2.39. The van der Waals surface area contributed by atoms with Crippen molar-refractivity contribution in [2.45, 2.75) is 33.1 Å². The minimum absolute atomic E-state index is 0.00853. The highest BCUT2D eigenvalue weighted by Crippen LogP contribution is 2.14. The Balaban J connectivity index is 2.46. The van der Waals surface area contributed by atoms with Gasteiger partial charge in [0.15, 0.2) is 0 Å². The number of carboxylic acids is 1. The van der Waals surface area contributed by atoms with E-state index in [-0.39, 0.29) is 30.5 Å². The van der Waals surface area contributed by atoms with E-state index in [1.54, 1.807) is 12.1 Å². The van der Waals surface area contributed by atoms with Crippen LogP contribution in [0.25, 0.3) is 0 Å². The fourth-order valence-electron chi connectivity index (χ4n) is 2.25. The highest BCUT2D eigenvalue weighted by molar-refractivity contribution is 5.77. The molecule has 0 aromatic heterocycles. The van der Waals surface area contributed by atoms with Gasteiger partial charge >= 0.3 is 5.97 Å². The summed E-state index contributed by atoms with van der Waals surface area (Å²) in [5.74, 6) is -1.54. The van der Waals surface area contributed by atoms with E-state index in [2.05, 4.69) is 5.32 Å². The van der Waals surface area contributed by atoms with Gasteiger partial charge in [-0.1, -0.05) is 26.0 Å². The second kappa shape index (κ2) is 8.87. The number of hydrogen-bond donors (Lipinski definition) is 2. The van der Waals surface area contributed by atoms with Crippen LogP contribution in [0, 0.1) is 22.0 Å². The number of aliphatic carboxylic acids is 1. The molecule has 0 aliphatic rings. The third-order valence-corrected chi connectivity index (χ3v) is 3.41. The number of amides is 1. The zero-order chi connectivity index (χ0) is 17.4. The van der Waals surface area contributed by atoms with Crippen LogP contribution in [-0.4, -0.2) is 28.5 Å². The van der Waals surface area contributed by atoms with Crippen LogP contribution in [0.2, 0.25) is 0 Å². The number of nitro benzene ring substituents is 1. The van der Waals surface area contributed by atoms with Crippen LogP contribution in [0.5, 0.6) is 0 Å². The number of rotatable bonds is 9. The molecule has 126 valence electrons. The first kappa shape index (κ1) is 18.6. The Labute approximate surface area is 134 Å². The Hall–Kier alpha value is -2.44. The smallest absolute Gasteiger partial charge is 0.308 e. The van der Waals surface area contributed by atoms with E-state index >= 15 is 0 Å². The lowest BCUT2D eigenvalue weighted by atomic mass is 9.97. The zero-order valence-corrected chi connectivity index (χ0v) is 13.3. The molecular formula is C16H22N2O5. The van der Waals surface area contributed by atoms with Crippen LogP contribution >= 0.6 is 0 Å². The molecule has 1 aromatic rings. The van der Waals surface area contributed by atoms with Crippen molar-refractivity contribution in [1.82, 2.24) is 5.32 Å². The van der Waals surface area contributed by atoms with E-state index in [0.717, 1.165) is 0 Å². The number of non-ortho nitro benzene ring substituents is 1. The molecule has 0 saturated carbocycles. The molecule has 23 heavy (non-hydrogen) atoms. The van der Waals surface area contributed by atoms with Gasteiger partial charge in [-0.25, -0.2) is 0 Å². The Morgan fingerprint density at radius 2 is 2.04 bits per heavy atom. The van der Waals surface area contributed by atoms with E-state index in [1.807, 2.05) is 13.8 Å². The van der Waals surface area contributed by atoms with Crippen LogP contribution in [0.1, 0.15) is 32.3 Å². The van der Waals surface area contributed by atoms with Crippen molar-refractivity contribution in [3.63, 3.8) is 0 Å². The van der Waals surface area contributed by atoms with Gasteiger partial charge in [0.05, 0.1) is 10.8 Å². The van der Waals surface area contributed by atoms with E-state index in [4.69, 9.17) is 5.11 Å². The lowest BCUT2D eigenvalue weighted by molar-refractivity contribution is -0.384. The molecule has 0 aliphatic heterocycles. The van der Waals surface area contributed by atoms with Crippen molar-refractivity contribution in [3.05, 3.63) is 39.9 Å². The molecular weight excluding hydrogens is 300 g/mol. The van der Waals surface area contributed by atoms with Crippen molar-refractivity contribution < 1.29 is 19.6 Å². The average Bonchev–Trinajstić information content (AvgIpc) is 2.49. The lowest BCUT2D eigenvalue weighted by Gasteiger charge is -2.15. The molecule has 0 bridgehead atoms. The summed E-state index contributed by atoms with van der Waals surface area (Å²) in [5.41, 5.74) is 0.692. The van der Waals surface area contributed by atoms with Gasteiger partial charge in [-0.3, -0.25) is 19.7 Å². The second-order valence-electron chi connectivity index (χ2n) is 5.90. The maximum absolute atomic E-state index is 11.8. The number of nitrogens with zero attached hydrogens (tertiary/aromatic N) is 1. The standard InChI is InChI=1S/C16H22N2O5/c1-11(2)8-13(16(20)21)10-17-15(19)7-6-12-4-3-5-14(9-12)18(22)23/h3-5,9,11,13H,6-8,10H2,1-2H3,(H,17,19)(H,20,21). The maximum Gasteiger partial charge on any atom is 0.308 e. The van der Waals surface area contributed by atoms with Crippen LogP contribution in [0.4, 0.5) is 5.69 Å². The van der Waals surface area contributed by atoms with Crippen molar-refractivity contribution in [1.29, 1.82) is 0 Å². The van der Waals surface area contributed by atoms with Crippen LogP contribution in [0.15, 0.2) is 24.3 Å². The van der Waals surface area contributed by atoms with Gasteiger partial charge in [0.1, 0.15) is 0 Å². The normalized spacial score (nSPS) is 12.0. The molecule has 7 nitrogen and oxygen atoms in total. The zero-order valence-electron chi connectivity index (χ0n) is 13.3. The summed E-state index contributed by atoms with van der Waals surface area (Å²) in [6.07, 6.45) is 1.03. The molecule has 1 aromatic carbocycles. The highest BCUT2D eigenvalue weighted by Gasteiger charge is 2.19. The SMILES string of the molecule is CC(C)CC(CNC(=O)CCc1cccc([N+](=O)[O-])c1)C(=O)O. The summed E-state index contributed by atoms with van der Waals surface area (Å²) in [4.78, 5) is 33.1. The topological polar surface area (TPSA) is 110 Å². The van der Waals surface area contributed by atoms with Gasteiger partial charge in [0, 0.05) is 25.1 Å². The fourth-order valence-corrected chi connectivity index (χ4v) is 2.25. The Morgan fingerprint density at radius 1 is 1.35 bits per heavy atom.